The van der Waals surface area contributed by atoms with Gasteiger partial charge in [0.1, 0.15) is 45.4 Å². The molecule has 16 N–H and O–H groups in total. The van der Waals surface area contributed by atoms with Gasteiger partial charge < -0.3 is 117 Å². The lowest BCUT2D eigenvalue weighted by atomic mass is 9.91. The quantitative estimate of drug-likeness (QED) is 0.0143. The van der Waals surface area contributed by atoms with E-state index in [0.29, 0.717) is 55.0 Å². The lowest BCUT2D eigenvalue weighted by Crippen LogP contribution is -2.54. The number of hydrazine groups is 1. The number of aromatic nitrogens is 6. The maximum Gasteiger partial charge on any atom is 0.534 e. The van der Waals surface area contributed by atoms with Crippen LogP contribution in [0, 0.1) is 31.6 Å². The van der Waals surface area contributed by atoms with Gasteiger partial charge in [-0.3, -0.25) is 55.4 Å². The lowest BCUT2D eigenvalue weighted by Gasteiger charge is -2.40. The van der Waals surface area contributed by atoms with Crippen molar-refractivity contribution in [2.45, 2.75) is 273 Å². The number of aliphatic hydroxyl groups excluding tert-OH is 5. The van der Waals surface area contributed by atoms with Gasteiger partial charge in [0.15, 0.2) is 22.9 Å². The number of methoxy groups -OCH3 is 4. The van der Waals surface area contributed by atoms with Gasteiger partial charge in [0.05, 0.1) is 70.8 Å². The monoisotopic (exact) mass is 1990 g/mol. The molecule has 4 aromatic rings. The molecule has 6 aliphatic heterocycles. The van der Waals surface area contributed by atoms with Gasteiger partial charge in [-0.1, -0.05) is 0 Å². The first kappa shape index (κ1) is 125. The minimum Gasteiger partial charge on any atom is -0.477 e. The molecule has 762 valence electrons. The number of carbonyl (C=O) groups excluding carboxylic acids is 9. The number of aromatic amines is 5. The third-order valence-corrected chi connectivity index (χ3v) is 19.2. The molecule has 0 aromatic carbocycles. The van der Waals surface area contributed by atoms with Crippen LogP contribution in [0.4, 0.5) is 32.3 Å². The number of nitrogens with two attached hydrogens (primary N) is 2. The summed E-state index contributed by atoms with van der Waals surface area (Å²) in [5.74, 6) is 1.79. The maximum absolute atomic E-state index is 12.5. The fourth-order valence-corrected chi connectivity index (χ4v) is 12.4. The number of aliphatic hydroxyl groups is 5. The number of Topliss-reactive ketones (excluding diaryl/α,β-unsaturated/α-hetero) is 1. The van der Waals surface area contributed by atoms with Crippen LogP contribution in [0.3, 0.4) is 0 Å². The highest BCUT2D eigenvalue weighted by atomic mass is 36.0. The second-order valence-electron chi connectivity index (χ2n) is 33.8. The van der Waals surface area contributed by atoms with Gasteiger partial charge in [-0.25, -0.2) is 33.0 Å². The summed E-state index contributed by atoms with van der Waals surface area (Å²) in [5.41, 5.74) is -5.86. The van der Waals surface area contributed by atoms with E-state index in [4.69, 9.17) is 48.3 Å². The second kappa shape index (κ2) is 58.4. The van der Waals surface area contributed by atoms with Crippen LogP contribution in [0.25, 0.3) is 0 Å². The second-order valence-corrected chi connectivity index (χ2v) is 37.8. The standard InChI is InChI=1S/C13H18F3N3O5S.C13H23NO5.C13H21NO5.C12H19N3O3.C8H15NO3.C8H9NO3.C7H7NO3.C4H8O2.C2H6O.CH4O.Cl2OS.H4N2/c1-7-5-9-8(6-19(7)11(20)23-12(2,3)4)10(18-17-9)24-25(21,22)13(14,15)16;2*1-8-6-10(15)9(11(16)18-5)7-14(8)12(17)19-13(2,3)4;1-7-5-9-8(10(16)14-13-9)6-15(7)11(17)18-12(2,3)4;2*1-5-3-7(10)6(4-9-5)8(11)12-2;1-4-2-6(9)5(3-8-4)7(10)11;5-4-2-1-3-6-4;1-2-3;1-2;1-4(2)3;1-2/h7H,5-6H2,1-4H3,(H,17,18);8-10,15H,6-7H2,1-5H3;8-9H,6-7H2,1-5H3;7H,5-6H2,1-4H3,(H2,13,14,16);5-7,9-10H,3-4H2,1-2H3;3-4H,1-2H3,(H,9,10);2-3H,1H3,(H,8,9)(H,10,11);4-5H,1-3H2;3H,2H2,1H3;2H,1H3;;1-2H2. The van der Waals surface area contributed by atoms with Crippen molar-refractivity contribution in [3.05, 3.63) is 100 Å². The van der Waals surface area contributed by atoms with E-state index in [0.717, 1.165) is 32.3 Å². The Labute approximate surface area is 780 Å². The Morgan fingerprint density at radius 2 is 0.992 bits per heavy atom. The first-order valence-electron chi connectivity index (χ1n) is 41.1. The van der Waals surface area contributed by atoms with Gasteiger partial charge in [0.2, 0.25) is 9.23 Å². The molecule has 0 spiro atoms. The number of carboxylic acid groups (broad SMARTS) is 1. The summed E-state index contributed by atoms with van der Waals surface area (Å²) < 4.78 is 117. The number of alkyl halides is 3. The molecule has 0 radical (unpaired) electrons. The zero-order valence-corrected chi connectivity index (χ0v) is 82.6. The van der Waals surface area contributed by atoms with E-state index in [-0.39, 0.29) is 115 Å². The first-order chi connectivity index (χ1) is 61.2. The van der Waals surface area contributed by atoms with Crippen molar-refractivity contribution in [2.24, 2.45) is 29.4 Å². The van der Waals surface area contributed by atoms with Crippen LogP contribution < -0.4 is 37.6 Å². The van der Waals surface area contributed by atoms with Crippen LogP contribution in [0.15, 0.2) is 38.9 Å². The number of esters is 4. The van der Waals surface area contributed by atoms with E-state index in [1.807, 2.05) is 41.5 Å². The fraction of sp³-hybridized carbons (Fsp3) is 0.679. The number of pyridine rings is 2. The van der Waals surface area contributed by atoms with Crippen molar-refractivity contribution < 1.29 is 151 Å². The molecule has 52 heteroatoms. The molecule has 11 unspecified atom stereocenters. The highest BCUT2D eigenvalue weighted by Crippen LogP contribution is 2.35. The molecule has 4 fully saturated rings. The van der Waals surface area contributed by atoms with Crippen LogP contribution in [0.5, 0.6) is 5.88 Å². The van der Waals surface area contributed by atoms with Gasteiger partial charge in [0.25, 0.3) is 11.4 Å². The molecule has 10 rings (SSSR count). The summed E-state index contributed by atoms with van der Waals surface area (Å²) in [7, 11) is 7.58. The number of H-pyrrole nitrogens is 5. The highest BCUT2D eigenvalue weighted by Gasteiger charge is 2.50. The van der Waals surface area contributed by atoms with E-state index in [9.17, 15) is 94.1 Å². The van der Waals surface area contributed by atoms with E-state index in [1.54, 1.807) is 102 Å². The number of aryl methyl sites for hydroxylation is 2. The number of rotatable bonds is 7. The molecular weight excluding hydrogens is 1860 g/mol. The Morgan fingerprint density at radius 1 is 0.594 bits per heavy atom. The van der Waals surface area contributed by atoms with Crippen molar-refractivity contribution in [3.8, 4) is 5.88 Å². The number of amides is 4. The fourth-order valence-electron chi connectivity index (χ4n) is 12.0. The van der Waals surface area contributed by atoms with Crippen LogP contribution in [0.1, 0.15) is 211 Å². The number of hydrogen-bond donors (Lipinski definition) is 14. The van der Waals surface area contributed by atoms with Gasteiger partial charge in [-0.15, -0.1) is 5.10 Å². The number of nitrogens with zero attached hydrogens (tertiary/aromatic N) is 5. The van der Waals surface area contributed by atoms with Crippen LogP contribution in [-0.4, -0.2) is 298 Å². The number of nitrogens with one attached hydrogen (secondary N) is 6. The Morgan fingerprint density at radius 3 is 1.37 bits per heavy atom. The number of likely N-dealkylation sites (tertiary alicyclic amines) is 2. The molecule has 0 saturated carbocycles. The molecule has 4 amide bonds. The topological polar surface area (TPSA) is 656 Å². The molecule has 0 aliphatic carbocycles. The number of hydrogen-bond acceptors (Lipinski definition) is 35. The van der Waals surface area contributed by atoms with Crippen molar-refractivity contribution in [2.75, 3.05) is 68.4 Å². The number of carboxylic acids is 1. The molecule has 6 aliphatic rings. The first-order valence-corrected chi connectivity index (χ1v) is 45.3. The number of ether oxygens (including phenoxy) is 9. The number of piperidine rings is 3. The van der Waals surface area contributed by atoms with E-state index < -0.39 is 137 Å². The summed E-state index contributed by atoms with van der Waals surface area (Å²) in [6.45, 7) is 37.2. The van der Waals surface area contributed by atoms with Crippen LogP contribution in [-0.2, 0) is 107 Å². The molecule has 11 atom stereocenters. The predicted octanol–water partition coefficient (Wildman–Crippen LogP) is 6.20. The zero-order valence-electron chi connectivity index (χ0n) is 79.5. The molecule has 0 bridgehead atoms. The number of halogens is 5. The average molecular weight is 1990 g/mol. The minimum atomic E-state index is -5.85. The largest absolute Gasteiger partial charge is 0.534 e. The smallest absolute Gasteiger partial charge is 0.477 e. The van der Waals surface area contributed by atoms with Crippen LogP contribution >= 0.6 is 21.4 Å². The third kappa shape index (κ3) is 45.8. The van der Waals surface area contributed by atoms with Crippen molar-refractivity contribution >= 4 is 101 Å². The highest BCUT2D eigenvalue weighted by molar-refractivity contribution is 8.26. The molecule has 133 heavy (non-hydrogen) atoms. The van der Waals surface area contributed by atoms with E-state index in [1.165, 1.54) is 67.7 Å². The van der Waals surface area contributed by atoms with Crippen LogP contribution in [0.2, 0.25) is 0 Å². The maximum atomic E-state index is 12.5. The predicted molar refractivity (Wildman–Crippen MR) is 477 cm³/mol. The summed E-state index contributed by atoms with van der Waals surface area (Å²) in [6, 6.07) is 2.12. The minimum absolute atomic E-state index is 0.0128. The lowest BCUT2D eigenvalue weighted by molar-refractivity contribution is -0.154. The number of carbonyl (C=O) groups is 10. The summed E-state index contributed by atoms with van der Waals surface area (Å²) in [6.07, 6.45) is 2.49. The molecular formula is C81H134Cl2F3N13O32S2. The van der Waals surface area contributed by atoms with Gasteiger partial charge in [0, 0.05) is 165 Å². The summed E-state index contributed by atoms with van der Waals surface area (Å²) in [4.78, 5) is 160. The normalized spacial score (nSPS) is 20.5. The Kier molecular flexibility index (Phi) is 55.0. The van der Waals surface area contributed by atoms with Crippen molar-refractivity contribution in [1.29, 1.82) is 0 Å². The van der Waals surface area contributed by atoms with Crippen molar-refractivity contribution in [3.63, 3.8) is 0 Å². The SMILES string of the molecule is CC1Cc2[nH][nH]c(=O)c2CN1C(=O)OC(C)(C)C.CC1Cc2[nH]nc(OS(=O)(=O)C(F)(F)F)c2CN1C(=O)OC(C)(C)C.CCO.CO.COC(=O)C1CN(C(=O)OC(C)(C)C)C(C)CC1=O.COC(=O)C1CN(C(=O)OC(C)(C)C)C(C)CC1O.COC(=O)C1CNC(C)CC1O.COC(=O)c1c[nH]c(C)cc1=O.Cc1cc(=O)c(C(=O)O)c[nH]1.NN.O=S(Cl)Cl.OC1CCCO1. The molecule has 4 saturated heterocycles. The zero-order chi connectivity index (χ0) is 104. The Bertz CT molecular complexity index is 4670. The summed E-state index contributed by atoms with van der Waals surface area (Å²) in [5, 5.41) is 65.4. The van der Waals surface area contributed by atoms with Gasteiger partial charge >= 0.3 is 69.8 Å². The third-order valence-electron chi connectivity index (χ3n) is 18.2. The van der Waals surface area contributed by atoms with E-state index >= 15 is 0 Å². The van der Waals surface area contributed by atoms with Gasteiger partial charge in [-0.2, -0.15) is 21.6 Å². The van der Waals surface area contributed by atoms with Crippen molar-refractivity contribution in [1.82, 2.24) is 55.3 Å². The molecule has 45 nitrogen and oxygen atoms in total. The Balaban J connectivity index is 0. The number of aromatic carboxylic acids is 1. The molecule has 4 aromatic heterocycles. The summed E-state index contributed by atoms with van der Waals surface area (Å²) >= 11 is 0. The average Bonchev–Trinajstić information content (AvgIpc) is 1.63. The van der Waals surface area contributed by atoms with E-state index in [2.05, 4.69) is 91.9 Å². The Hall–Kier alpha value is -9.87. The van der Waals surface area contributed by atoms with Gasteiger partial charge in [-0.05, 0) is 158 Å². The number of ketones is 1. The molecule has 10 heterocycles. The number of fused-ring (bicyclic) bond motifs is 2.